The van der Waals surface area contributed by atoms with E-state index >= 15 is 0 Å². The Morgan fingerprint density at radius 2 is 1.69 bits per heavy atom. The van der Waals surface area contributed by atoms with Gasteiger partial charge in [-0.1, -0.05) is 56.1 Å². The van der Waals surface area contributed by atoms with Gasteiger partial charge in [0.2, 0.25) is 0 Å². The number of alkyl halides is 3. The van der Waals surface area contributed by atoms with Gasteiger partial charge < -0.3 is 4.74 Å². The lowest BCUT2D eigenvalue weighted by Crippen LogP contribution is -2.21. The number of hydrogen-bond donors (Lipinski definition) is 0. The predicted molar refractivity (Wildman–Crippen MR) is 115 cm³/mol. The Balaban J connectivity index is 2.31. The van der Waals surface area contributed by atoms with Crippen LogP contribution in [0.25, 0.3) is 0 Å². The summed E-state index contributed by atoms with van der Waals surface area (Å²) in [6, 6.07) is 15.5. The average molecular weight is 422 g/mol. The molecular formula is C23H26F3NOS. The van der Waals surface area contributed by atoms with Crippen LogP contribution >= 0.6 is 11.8 Å². The van der Waals surface area contributed by atoms with Crippen molar-refractivity contribution in [3.8, 4) is 5.75 Å². The van der Waals surface area contributed by atoms with Crippen molar-refractivity contribution in [3.63, 3.8) is 0 Å². The second kappa shape index (κ2) is 11.7. The predicted octanol–water partition coefficient (Wildman–Crippen LogP) is 7.98. The number of rotatable bonds is 10. The minimum Gasteiger partial charge on any atom is -0.497 e. The Morgan fingerprint density at radius 3 is 2.28 bits per heavy atom. The van der Waals surface area contributed by atoms with E-state index in [2.05, 4.69) is 11.9 Å². The van der Waals surface area contributed by atoms with Gasteiger partial charge in [-0.25, -0.2) is 4.99 Å². The summed E-state index contributed by atoms with van der Waals surface area (Å²) in [7, 11) is 1.58. The van der Waals surface area contributed by atoms with Crippen molar-refractivity contribution in [1.82, 2.24) is 0 Å². The van der Waals surface area contributed by atoms with E-state index in [9.17, 15) is 13.2 Å². The molecule has 2 aromatic carbocycles. The van der Waals surface area contributed by atoms with Crippen LogP contribution < -0.4 is 4.74 Å². The summed E-state index contributed by atoms with van der Waals surface area (Å²) in [6.07, 6.45) is 1.24. The Bertz CT molecular complexity index is 799. The van der Waals surface area contributed by atoms with E-state index in [1.54, 1.807) is 49.6 Å². The topological polar surface area (TPSA) is 21.6 Å². The van der Waals surface area contributed by atoms with Crippen molar-refractivity contribution in [1.29, 1.82) is 0 Å². The average Bonchev–Trinajstić information content (AvgIpc) is 2.71. The maximum atomic E-state index is 13.6. The quantitative estimate of drug-likeness (QED) is 0.220. The molecule has 0 aliphatic carbocycles. The SMILES string of the molecule is CCCCCC/C(=C\C(=Nc1ccccc1)C(F)(F)F)Sc1ccc(OC)cc1. The van der Waals surface area contributed by atoms with Crippen LogP contribution in [0, 0.1) is 0 Å². The van der Waals surface area contributed by atoms with E-state index in [4.69, 9.17) is 4.74 Å². The van der Waals surface area contributed by atoms with E-state index in [0.29, 0.717) is 17.1 Å². The van der Waals surface area contributed by atoms with E-state index in [0.717, 1.165) is 30.6 Å². The fraction of sp³-hybridized carbons (Fsp3) is 0.348. The van der Waals surface area contributed by atoms with Crippen LogP contribution in [0.1, 0.15) is 39.0 Å². The van der Waals surface area contributed by atoms with Crippen molar-refractivity contribution in [2.75, 3.05) is 7.11 Å². The summed E-state index contributed by atoms with van der Waals surface area (Å²) in [4.78, 5) is 5.39. The van der Waals surface area contributed by atoms with Gasteiger partial charge in [0.05, 0.1) is 12.8 Å². The van der Waals surface area contributed by atoms with Gasteiger partial charge in [0, 0.05) is 4.90 Å². The molecule has 0 unspecified atom stereocenters. The largest absolute Gasteiger partial charge is 0.497 e. The van der Waals surface area contributed by atoms with Crippen LogP contribution in [0.3, 0.4) is 0 Å². The van der Waals surface area contributed by atoms with Gasteiger partial charge in [0.1, 0.15) is 11.5 Å². The zero-order valence-electron chi connectivity index (χ0n) is 16.7. The second-order valence-electron chi connectivity index (χ2n) is 6.53. The normalized spacial score (nSPS) is 12.9. The molecule has 0 saturated carbocycles. The Morgan fingerprint density at radius 1 is 1.00 bits per heavy atom. The number of para-hydroxylation sites is 1. The maximum absolute atomic E-state index is 13.6. The van der Waals surface area contributed by atoms with Gasteiger partial charge in [-0.05, 0) is 60.2 Å². The van der Waals surface area contributed by atoms with Crippen LogP contribution in [0.2, 0.25) is 0 Å². The van der Waals surface area contributed by atoms with Gasteiger partial charge in [-0.2, -0.15) is 13.2 Å². The molecule has 0 amide bonds. The number of hydrogen-bond acceptors (Lipinski definition) is 3. The summed E-state index contributed by atoms with van der Waals surface area (Å²) >= 11 is 1.35. The first-order chi connectivity index (χ1) is 13.9. The van der Waals surface area contributed by atoms with Gasteiger partial charge in [-0.3, -0.25) is 0 Å². The smallest absolute Gasteiger partial charge is 0.433 e. The van der Waals surface area contributed by atoms with Gasteiger partial charge in [-0.15, -0.1) is 0 Å². The summed E-state index contributed by atoms with van der Waals surface area (Å²) in [5.74, 6) is 0.712. The molecule has 6 heteroatoms. The van der Waals surface area contributed by atoms with Gasteiger partial charge >= 0.3 is 6.18 Å². The van der Waals surface area contributed by atoms with Gasteiger partial charge in [0.15, 0.2) is 0 Å². The Labute approximate surface area is 174 Å². The third-order valence-corrected chi connectivity index (χ3v) is 5.27. The molecule has 0 N–H and O–H groups in total. The molecule has 2 rings (SSSR count). The van der Waals surface area contributed by atoms with Crippen LogP contribution in [-0.2, 0) is 0 Å². The summed E-state index contributed by atoms with van der Waals surface area (Å²) in [5.41, 5.74) is -0.592. The molecule has 0 atom stereocenters. The summed E-state index contributed by atoms with van der Waals surface area (Å²) in [6.45, 7) is 2.11. The second-order valence-corrected chi connectivity index (χ2v) is 7.73. The van der Waals surface area contributed by atoms with Gasteiger partial charge in [0.25, 0.3) is 0 Å². The van der Waals surface area contributed by atoms with Crippen LogP contribution in [0.15, 0.2) is 75.5 Å². The number of methoxy groups -OCH3 is 1. The number of aliphatic imine (C=N–C) groups is 1. The van der Waals surface area contributed by atoms with Crippen molar-refractivity contribution in [2.45, 2.75) is 50.1 Å². The highest BCUT2D eigenvalue weighted by Gasteiger charge is 2.34. The highest BCUT2D eigenvalue weighted by Crippen LogP contribution is 2.33. The molecule has 0 bridgehead atoms. The zero-order valence-corrected chi connectivity index (χ0v) is 17.5. The van der Waals surface area contributed by atoms with E-state index in [-0.39, 0.29) is 5.69 Å². The number of halogens is 3. The van der Waals surface area contributed by atoms with Crippen molar-refractivity contribution in [3.05, 3.63) is 65.6 Å². The number of ether oxygens (including phenoxy) is 1. The first-order valence-electron chi connectivity index (χ1n) is 9.65. The third-order valence-electron chi connectivity index (χ3n) is 4.18. The number of benzene rings is 2. The zero-order chi connectivity index (χ0) is 21.1. The summed E-state index contributed by atoms with van der Waals surface area (Å²) in [5, 5.41) is 0. The third kappa shape index (κ3) is 8.36. The maximum Gasteiger partial charge on any atom is 0.433 e. The Kier molecular flexibility index (Phi) is 9.32. The van der Waals surface area contributed by atoms with E-state index < -0.39 is 11.9 Å². The van der Waals surface area contributed by atoms with E-state index in [1.165, 1.54) is 17.8 Å². The van der Waals surface area contributed by atoms with Crippen molar-refractivity contribution < 1.29 is 17.9 Å². The molecule has 2 nitrogen and oxygen atoms in total. The Hall–Kier alpha value is -2.21. The molecule has 0 aromatic heterocycles. The number of nitrogens with zero attached hydrogens (tertiary/aromatic N) is 1. The number of unbranched alkanes of at least 4 members (excludes halogenated alkanes) is 3. The molecule has 0 saturated heterocycles. The summed E-state index contributed by atoms with van der Waals surface area (Å²) < 4.78 is 46.1. The monoisotopic (exact) mass is 421 g/mol. The minimum absolute atomic E-state index is 0.288. The minimum atomic E-state index is -4.52. The molecule has 2 aromatic rings. The fourth-order valence-electron chi connectivity index (χ4n) is 2.65. The van der Waals surface area contributed by atoms with Crippen LogP contribution in [0.5, 0.6) is 5.75 Å². The lowest BCUT2D eigenvalue weighted by atomic mass is 10.1. The number of thioether (sulfide) groups is 1. The first-order valence-corrected chi connectivity index (χ1v) is 10.5. The van der Waals surface area contributed by atoms with Crippen LogP contribution in [-0.4, -0.2) is 19.0 Å². The molecular weight excluding hydrogens is 395 g/mol. The van der Waals surface area contributed by atoms with Crippen LogP contribution in [0.4, 0.5) is 18.9 Å². The molecule has 0 heterocycles. The molecule has 0 aliphatic heterocycles. The lowest BCUT2D eigenvalue weighted by Gasteiger charge is -2.12. The molecule has 0 fully saturated rings. The fourth-order valence-corrected chi connectivity index (χ4v) is 3.64. The lowest BCUT2D eigenvalue weighted by molar-refractivity contribution is -0.0576. The molecule has 156 valence electrons. The first kappa shape index (κ1) is 23.1. The van der Waals surface area contributed by atoms with Crippen molar-refractivity contribution in [2.24, 2.45) is 4.99 Å². The molecule has 0 spiro atoms. The number of allylic oxidation sites excluding steroid dienone is 2. The molecule has 29 heavy (non-hydrogen) atoms. The van der Waals surface area contributed by atoms with Crippen molar-refractivity contribution >= 4 is 23.2 Å². The standard InChI is InChI=1S/C23H26F3NOS/c1-3-4-5-9-12-21(29-20-15-13-19(28-2)14-16-20)17-22(23(24,25)26)27-18-10-7-6-8-11-18/h6-8,10-11,13-17H,3-5,9,12H2,1-2H3/b21-17+,27-22?. The highest BCUT2D eigenvalue weighted by molar-refractivity contribution is 8.03. The van der Waals surface area contributed by atoms with E-state index in [1.807, 2.05) is 12.1 Å². The molecule has 0 aliphatic rings. The highest BCUT2D eigenvalue weighted by atomic mass is 32.2. The molecule has 0 radical (unpaired) electrons.